The summed E-state index contributed by atoms with van der Waals surface area (Å²) >= 11 is 1.47. The summed E-state index contributed by atoms with van der Waals surface area (Å²) in [6.45, 7) is -2.84. The normalized spacial score (nSPS) is 23.3. The molecule has 0 unspecified atom stereocenters. The van der Waals surface area contributed by atoms with Crippen LogP contribution in [0, 0.1) is 0 Å². The second-order valence-electron chi connectivity index (χ2n) is 3.72. The molecular weight excluding hydrogens is 264 g/mol. The van der Waals surface area contributed by atoms with Gasteiger partial charge in [-0.25, -0.2) is 0 Å². The van der Waals surface area contributed by atoms with E-state index in [-0.39, 0.29) is 11.1 Å². The topological polar surface area (TPSA) is 58.6 Å². The molecule has 0 saturated carbocycles. The van der Waals surface area contributed by atoms with Gasteiger partial charge in [-0.1, -0.05) is 12.1 Å². The monoisotopic (exact) mass is 275 g/mol. The van der Waals surface area contributed by atoms with Gasteiger partial charge in [0.1, 0.15) is 11.8 Å². The van der Waals surface area contributed by atoms with Gasteiger partial charge in [0.2, 0.25) is 0 Å². The number of rotatable bonds is 4. The van der Waals surface area contributed by atoms with Gasteiger partial charge >= 0.3 is 12.6 Å². The van der Waals surface area contributed by atoms with E-state index in [2.05, 4.69) is 10.1 Å². The number of hydrogen-bond donors (Lipinski definition) is 2. The van der Waals surface area contributed by atoms with Crippen LogP contribution in [0.1, 0.15) is 10.9 Å². The van der Waals surface area contributed by atoms with Crippen LogP contribution in [-0.4, -0.2) is 29.5 Å². The Morgan fingerprint density at radius 1 is 1.44 bits per heavy atom. The standard InChI is InChI=1S/C11H11F2NO3S/c12-11(13)17-7-3-1-6(2-4-7)9-14-8(5-18-9)10(15)16/h1-4,8-9,11,14H,5H2,(H,15,16)/t8-,9-/m1/s1. The second kappa shape index (κ2) is 5.53. The van der Waals surface area contributed by atoms with E-state index in [1.807, 2.05) is 0 Å². The number of ether oxygens (including phenoxy) is 1. The largest absolute Gasteiger partial charge is 0.480 e. The van der Waals surface area contributed by atoms with Crippen LogP contribution < -0.4 is 10.1 Å². The summed E-state index contributed by atoms with van der Waals surface area (Å²) < 4.78 is 28.2. The van der Waals surface area contributed by atoms with Crippen molar-refractivity contribution in [1.29, 1.82) is 0 Å². The molecule has 18 heavy (non-hydrogen) atoms. The Kier molecular flexibility index (Phi) is 4.03. The van der Waals surface area contributed by atoms with E-state index in [4.69, 9.17) is 5.11 Å². The third kappa shape index (κ3) is 3.11. The lowest BCUT2D eigenvalue weighted by Crippen LogP contribution is -2.33. The number of hydrogen-bond acceptors (Lipinski definition) is 4. The zero-order valence-corrected chi connectivity index (χ0v) is 9.99. The summed E-state index contributed by atoms with van der Waals surface area (Å²) in [6.07, 6.45) is 0. The van der Waals surface area contributed by atoms with Crippen molar-refractivity contribution in [2.24, 2.45) is 0 Å². The van der Waals surface area contributed by atoms with Crippen molar-refractivity contribution in [3.63, 3.8) is 0 Å². The SMILES string of the molecule is O=C(O)[C@H]1CS[C@H](c2ccc(OC(F)F)cc2)N1. The molecule has 1 aromatic rings. The Balaban J connectivity index is 2.00. The predicted octanol–water partition coefficient (Wildman–Crippen LogP) is 2.08. The van der Waals surface area contributed by atoms with Gasteiger partial charge in [-0.3, -0.25) is 10.1 Å². The van der Waals surface area contributed by atoms with E-state index in [1.54, 1.807) is 12.1 Å². The van der Waals surface area contributed by atoms with Crippen molar-refractivity contribution >= 4 is 17.7 Å². The maximum absolute atomic E-state index is 12.0. The molecule has 1 aromatic carbocycles. The van der Waals surface area contributed by atoms with Crippen LogP contribution in [0.2, 0.25) is 0 Å². The van der Waals surface area contributed by atoms with Crippen LogP contribution in [0.25, 0.3) is 0 Å². The molecule has 1 heterocycles. The van der Waals surface area contributed by atoms with Crippen molar-refractivity contribution in [2.75, 3.05) is 5.75 Å². The van der Waals surface area contributed by atoms with E-state index in [9.17, 15) is 13.6 Å². The molecule has 2 rings (SSSR count). The van der Waals surface area contributed by atoms with Gasteiger partial charge in [0.15, 0.2) is 0 Å². The third-order valence-electron chi connectivity index (χ3n) is 2.49. The maximum Gasteiger partial charge on any atom is 0.387 e. The lowest BCUT2D eigenvalue weighted by atomic mass is 10.2. The molecule has 0 spiro atoms. The smallest absolute Gasteiger partial charge is 0.387 e. The molecule has 0 radical (unpaired) electrons. The van der Waals surface area contributed by atoms with Gasteiger partial charge < -0.3 is 9.84 Å². The molecule has 2 N–H and O–H groups in total. The number of carboxylic acid groups (broad SMARTS) is 1. The molecule has 0 amide bonds. The summed E-state index contributed by atoms with van der Waals surface area (Å²) in [5.74, 6) is -0.316. The maximum atomic E-state index is 12.0. The lowest BCUT2D eigenvalue weighted by Gasteiger charge is -2.12. The number of nitrogens with one attached hydrogen (secondary N) is 1. The van der Waals surface area contributed by atoms with Gasteiger partial charge in [-0.2, -0.15) is 8.78 Å². The first kappa shape index (κ1) is 13.1. The van der Waals surface area contributed by atoms with Crippen LogP contribution in [0.15, 0.2) is 24.3 Å². The lowest BCUT2D eigenvalue weighted by molar-refractivity contribution is -0.138. The second-order valence-corrected chi connectivity index (χ2v) is 4.86. The van der Waals surface area contributed by atoms with E-state index in [0.717, 1.165) is 5.56 Å². The quantitative estimate of drug-likeness (QED) is 0.881. The van der Waals surface area contributed by atoms with Gasteiger partial charge in [0.25, 0.3) is 0 Å². The van der Waals surface area contributed by atoms with E-state index in [0.29, 0.717) is 5.75 Å². The molecule has 0 aromatic heterocycles. The Bertz CT molecular complexity index is 427. The number of carbonyl (C=O) groups is 1. The average Bonchev–Trinajstić information content (AvgIpc) is 2.78. The number of alkyl halides is 2. The van der Waals surface area contributed by atoms with Gasteiger partial charge in [-0.15, -0.1) is 11.8 Å². The first-order valence-electron chi connectivity index (χ1n) is 5.21. The summed E-state index contributed by atoms with van der Waals surface area (Å²) in [5.41, 5.74) is 0.838. The van der Waals surface area contributed by atoms with Crippen LogP contribution >= 0.6 is 11.8 Å². The minimum absolute atomic E-state index is 0.0894. The first-order valence-corrected chi connectivity index (χ1v) is 6.26. The highest BCUT2D eigenvalue weighted by atomic mass is 32.2. The van der Waals surface area contributed by atoms with Crippen LogP contribution in [-0.2, 0) is 4.79 Å². The molecule has 7 heteroatoms. The zero-order valence-electron chi connectivity index (χ0n) is 9.18. The Morgan fingerprint density at radius 3 is 2.61 bits per heavy atom. The molecule has 1 aliphatic rings. The minimum atomic E-state index is -2.84. The highest BCUT2D eigenvalue weighted by Gasteiger charge is 2.30. The Hall–Kier alpha value is -1.34. The fourth-order valence-electron chi connectivity index (χ4n) is 1.63. The summed E-state index contributed by atoms with van der Waals surface area (Å²) in [4.78, 5) is 10.8. The van der Waals surface area contributed by atoms with E-state index >= 15 is 0 Å². The number of carboxylic acids is 1. The Morgan fingerprint density at radius 2 is 2.11 bits per heavy atom. The fourth-order valence-corrected chi connectivity index (χ4v) is 2.86. The average molecular weight is 275 g/mol. The van der Waals surface area contributed by atoms with Gasteiger partial charge in [0.05, 0.1) is 5.37 Å². The number of aliphatic carboxylic acids is 1. The molecule has 1 fully saturated rings. The Labute approximate surface area is 106 Å². The summed E-state index contributed by atoms with van der Waals surface area (Å²) in [7, 11) is 0. The van der Waals surface area contributed by atoms with Crippen LogP contribution in [0.5, 0.6) is 5.75 Å². The zero-order chi connectivity index (χ0) is 13.1. The van der Waals surface area contributed by atoms with Crippen molar-refractivity contribution < 1.29 is 23.4 Å². The highest BCUT2D eigenvalue weighted by Crippen LogP contribution is 2.33. The van der Waals surface area contributed by atoms with Crippen molar-refractivity contribution in [3.05, 3.63) is 29.8 Å². The summed E-state index contributed by atoms with van der Waals surface area (Å²) in [6, 6.07) is 5.60. The molecule has 1 saturated heterocycles. The van der Waals surface area contributed by atoms with Crippen molar-refractivity contribution in [3.8, 4) is 5.75 Å². The summed E-state index contributed by atoms with van der Waals surface area (Å²) in [5, 5.41) is 11.7. The molecule has 0 aliphatic carbocycles. The van der Waals surface area contributed by atoms with Crippen molar-refractivity contribution in [1.82, 2.24) is 5.32 Å². The molecule has 4 nitrogen and oxygen atoms in total. The number of halogens is 2. The highest BCUT2D eigenvalue weighted by molar-refractivity contribution is 7.99. The number of thioether (sulfide) groups is 1. The molecule has 1 aliphatic heterocycles. The minimum Gasteiger partial charge on any atom is -0.480 e. The van der Waals surface area contributed by atoms with Gasteiger partial charge in [0, 0.05) is 5.75 Å². The van der Waals surface area contributed by atoms with E-state index < -0.39 is 18.6 Å². The van der Waals surface area contributed by atoms with Gasteiger partial charge in [-0.05, 0) is 17.7 Å². The number of benzene rings is 1. The third-order valence-corrected chi connectivity index (χ3v) is 3.76. The van der Waals surface area contributed by atoms with E-state index in [1.165, 1.54) is 23.9 Å². The molecule has 2 atom stereocenters. The van der Waals surface area contributed by atoms with Crippen molar-refractivity contribution in [2.45, 2.75) is 18.0 Å². The fraction of sp³-hybridized carbons (Fsp3) is 0.364. The molecule has 0 bridgehead atoms. The molecule has 98 valence electrons. The molecular formula is C11H11F2NO3S. The van der Waals surface area contributed by atoms with Crippen LogP contribution in [0.3, 0.4) is 0 Å². The van der Waals surface area contributed by atoms with Crippen LogP contribution in [0.4, 0.5) is 8.78 Å². The first-order chi connectivity index (χ1) is 8.56. The predicted molar refractivity (Wildman–Crippen MR) is 62.8 cm³/mol.